The molecule has 1 heterocycles. The Balaban J connectivity index is 2.05. The van der Waals surface area contributed by atoms with Crippen molar-refractivity contribution in [2.75, 3.05) is 14.2 Å². The quantitative estimate of drug-likeness (QED) is 0.814. The van der Waals surface area contributed by atoms with Crippen molar-refractivity contribution < 1.29 is 14.3 Å². The average molecular weight is 298 g/mol. The summed E-state index contributed by atoms with van der Waals surface area (Å²) in [6.07, 6.45) is 1.58. The molecule has 0 unspecified atom stereocenters. The number of amides is 1. The van der Waals surface area contributed by atoms with E-state index in [-0.39, 0.29) is 11.9 Å². The molecule has 5 nitrogen and oxygen atoms in total. The average Bonchev–Trinajstić information content (AvgIpc) is 2.54. The summed E-state index contributed by atoms with van der Waals surface area (Å²) in [5.74, 6) is -0.466. The van der Waals surface area contributed by atoms with Crippen LogP contribution in [0.3, 0.4) is 0 Å². The lowest BCUT2D eigenvalue weighted by Gasteiger charge is -2.17. The van der Waals surface area contributed by atoms with Crippen LogP contribution in [0.25, 0.3) is 0 Å². The number of benzene rings is 1. The number of aryl methyl sites for hydroxylation is 1. The Morgan fingerprint density at radius 3 is 2.27 bits per heavy atom. The molecule has 114 valence electrons. The number of pyridine rings is 1. The first kappa shape index (κ1) is 15.7. The zero-order chi connectivity index (χ0) is 16.1. The Kier molecular flexibility index (Phi) is 4.88. The highest BCUT2D eigenvalue weighted by Crippen LogP contribution is 2.10. The van der Waals surface area contributed by atoms with Gasteiger partial charge in [-0.05, 0) is 36.8 Å². The fourth-order valence-electron chi connectivity index (χ4n) is 2.02. The maximum Gasteiger partial charge on any atom is 0.337 e. The minimum absolute atomic E-state index is 0.0930. The topological polar surface area (TPSA) is 59.5 Å². The van der Waals surface area contributed by atoms with Crippen LogP contribution in [0.4, 0.5) is 0 Å². The van der Waals surface area contributed by atoms with Crippen molar-refractivity contribution in [1.29, 1.82) is 0 Å². The molecule has 22 heavy (non-hydrogen) atoms. The van der Waals surface area contributed by atoms with Crippen LogP contribution in [0.2, 0.25) is 0 Å². The maximum absolute atomic E-state index is 12.3. The number of methoxy groups -OCH3 is 1. The summed E-state index contributed by atoms with van der Waals surface area (Å²) in [4.78, 5) is 29.4. The number of aromatic nitrogens is 1. The summed E-state index contributed by atoms with van der Waals surface area (Å²) in [5.41, 5.74) is 2.85. The summed E-state index contributed by atoms with van der Waals surface area (Å²) in [5, 5.41) is 0. The number of hydrogen-bond donors (Lipinski definition) is 0. The molecule has 0 aliphatic heterocycles. The molecule has 1 amide bonds. The van der Waals surface area contributed by atoms with Gasteiger partial charge >= 0.3 is 5.97 Å². The molecule has 0 radical (unpaired) electrons. The number of carbonyl (C=O) groups excluding carboxylic acids is 2. The van der Waals surface area contributed by atoms with E-state index >= 15 is 0 Å². The molecule has 0 saturated heterocycles. The number of nitrogens with zero attached hydrogens (tertiary/aromatic N) is 2. The first-order valence-electron chi connectivity index (χ1n) is 6.86. The van der Waals surface area contributed by atoms with Crippen molar-refractivity contribution >= 4 is 11.9 Å². The molecule has 2 aromatic rings. The molecular weight excluding hydrogens is 280 g/mol. The van der Waals surface area contributed by atoms with Crippen molar-refractivity contribution in [3.63, 3.8) is 0 Å². The predicted octanol–water partition coefficient (Wildman–Crippen LogP) is 2.45. The molecule has 2 rings (SSSR count). The molecule has 0 aliphatic rings. The van der Waals surface area contributed by atoms with Gasteiger partial charge in [-0.3, -0.25) is 9.78 Å². The maximum atomic E-state index is 12.3. The number of hydrogen-bond acceptors (Lipinski definition) is 4. The number of ether oxygens (including phenoxy) is 1. The van der Waals surface area contributed by atoms with E-state index in [9.17, 15) is 9.59 Å². The summed E-state index contributed by atoms with van der Waals surface area (Å²) in [7, 11) is 3.08. The van der Waals surface area contributed by atoms with E-state index in [1.807, 2.05) is 25.1 Å². The van der Waals surface area contributed by atoms with Gasteiger partial charge in [-0.1, -0.05) is 12.1 Å². The second-order valence-electron chi connectivity index (χ2n) is 5.04. The molecule has 0 atom stereocenters. The van der Waals surface area contributed by atoms with E-state index in [0.29, 0.717) is 17.7 Å². The van der Waals surface area contributed by atoms with Gasteiger partial charge in [-0.25, -0.2) is 4.79 Å². The second kappa shape index (κ2) is 6.85. The highest BCUT2D eigenvalue weighted by molar-refractivity contribution is 5.93. The minimum Gasteiger partial charge on any atom is -0.465 e. The van der Waals surface area contributed by atoms with Crippen LogP contribution in [-0.2, 0) is 11.3 Å². The standard InChI is InChI=1S/C17H18N2O3/c1-12-4-7-15(10-18-12)16(20)19(2)11-13-5-8-14(9-6-13)17(21)22-3/h4-10H,11H2,1-3H3. The SMILES string of the molecule is COC(=O)c1ccc(CN(C)C(=O)c2ccc(C)nc2)cc1. The lowest BCUT2D eigenvalue weighted by molar-refractivity contribution is 0.0600. The fourth-order valence-corrected chi connectivity index (χ4v) is 2.02. The molecular formula is C17H18N2O3. The number of rotatable bonds is 4. The second-order valence-corrected chi connectivity index (χ2v) is 5.04. The van der Waals surface area contributed by atoms with E-state index in [2.05, 4.69) is 9.72 Å². The van der Waals surface area contributed by atoms with E-state index in [1.54, 1.807) is 36.3 Å². The van der Waals surface area contributed by atoms with E-state index in [1.165, 1.54) is 7.11 Å². The summed E-state index contributed by atoms with van der Waals surface area (Å²) >= 11 is 0. The van der Waals surface area contributed by atoms with Crippen LogP contribution in [0.5, 0.6) is 0 Å². The molecule has 1 aromatic carbocycles. The first-order valence-corrected chi connectivity index (χ1v) is 6.86. The van der Waals surface area contributed by atoms with Crippen LogP contribution in [-0.4, -0.2) is 35.9 Å². The van der Waals surface area contributed by atoms with Crippen LogP contribution >= 0.6 is 0 Å². The van der Waals surface area contributed by atoms with Crippen molar-refractivity contribution in [3.8, 4) is 0 Å². The van der Waals surface area contributed by atoms with Crippen LogP contribution in [0.1, 0.15) is 32.0 Å². The van der Waals surface area contributed by atoms with Crippen molar-refractivity contribution in [3.05, 3.63) is 65.0 Å². The van der Waals surface area contributed by atoms with Crippen LogP contribution in [0, 0.1) is 6.92 Å². The first-order chi connectivity index (χ1) is 10.5. The van der Waals surface area contributed by atoms with Crippen LogP contribution in [0.15, 0.2) is 42.6 Å². The Morgan fingerprint density at radius 2 is 1.73 bits per heavy atom. The lowest BCUT2D eigenvalue weighted by Crippen LogP contribution is -2.26. The van der Waals surface area contributed by atoms with E-state index < -0.39 is 0 Å². The van der Waals surface area contributed by atoms with E-state index in [0.717, 1.165) is 11.3 Å². The summed E-state index contributed by atoms with van der Waals surface area (Å²) < 4.78 is 4.65. The molecule has 1 aromatic heterocycles. The zero-order valence-corrected chi connectivity index (χ0v) is 12.9. The van der Waals surface area contributed by atoms with Gasteiger partial charge in [0.1, 0.15) is 0 Å². The molecule has 0 fully saturated rings. The van der Waals surface area contributed by atoms with Gasteiger partial charge in [-0.15, -0.1) is 0 Å². The summed E-state index contributed by atoms with van der Waals surface area (Å²) in [6, 6.07) is 10.6. The van der Waals surface area contributed by atoms with Gasteiger partial charge in [0, 0.05) is 25.5 Å². The van der Waals surface area contributed by atoms with Crippen LogP contribution < -0.4 is 0 Å². The van der Waals surface area contributed by atoms with Gasteiger partial charge in [-0.2, -0.15) is 0 Å². The van der Waals surface area contributed by atoms with Gasteiger partial charge < -0.3 is 9.64 Å². The third-order valence-corrected chi connectivity index (χ3v) is 3.30. The lowest BCUT2D eigenvalue weighted by atomic mass is 10.1. The third-order valence-electron chi connectivity index (χ3n) is 3.30. The highest BCUT2D eigenvalue weighted by atomic mass is 16.5. The van der Waals surface area contributed by atoms with Gasteiger partial charge in [0.05, 0.1) is 18.2 Å². The molecule has 0 saturated carbocycles. The minimum atomic E-state index is -0.373. The predicted molar refractivity (Wildman–Crippen MR) is 82.6 cm³/mol. The highest BCUT2D eigenvalue weighted by Gasteiger charge is 2.13. The van der Waals surface area contributed by atoms with Crippen molar-refractivity contribution in [2.24, 2.45) is 0 Å². The van der Waals surface area contributed by atoms with Gasteiger partial charge in [0.2, 0.25) is 0 Å². The molecule has 0 N–H and O–H groups in total. The number of carbonyl (C=O) groups is 2. The number of esters is 1. The molecule has 0 spiro atoms. The van der Waals surface area contributed by atoms with E-state index in [4.69, 9.17) is 0 Å². The van der Waals surface area contributed by atoms with Crippen molar-refractivity contribution in [1.82, 2.24) is 9.88 Å². The monoisotopic (exact) mass is 298 g/mol. The smallest absolute Gasteiger partial charge is 0.337 e. The Labute approximate surface area is 129 Å². The summed E-state index contributed by atoms with van der Waals surface area (Å²) in [6.45, 7) is 2.33. The van der Waals surface area contributed by atoms with Gasteiger partial charge in [0.15, 0.2) is 0 Å². The molecule has 5 heteroatoms. The third kappa shape index (κ3) is 3.69. The fraction of sp³-hybridized carbons (Fsp3) is 0.235. The zero-order valence-electron chi connectivity index (χ0n) is 12.9. The molecule has 0 aliphatic carbocycles. The van der Waals surface area contributed by atoms with Gasteiger partial charge in [0.25, 0.3) is 5.91 Å². The largest absolute Gasteiger partial charge is 0.465 e. The normalized spacial score (nSPS) is 10.1. The van der Waals surface area contributed by atoms with Crippen molar-refractivity contribution in [2.45, 2.75) is 13.5 Å². The Hall–Kier alpha value is -2.69. The Morgan fingerprint density at radius 1 is 1.09 bits per heavy atom. The molecule has 0 bridgehead atoms. The Bertz CT molecular complexity index is 663.